The summed E-state index contributed by atoms with van der Waals surface area (Å²) >= 11 is 5.76. The fraction of sp³-hybridized carbons (Fsp3) is 0.562. The summed E-state index contributed by atoms with van der Waals surface area (Å²) in [5.74, 6) is 0.375. The second-order valence-electron chi connectivity index (χ2n) is 6.02. The van der Waals surface area contributed by atoms with E-state index in [1.165, 1.54) is 12.1 Å². The molecule has 20 heavy (non-hydrogen) atoms. The Labute approximate surface area is 124 Å². The molecular formula is C16H21ClFNO. The fourth-order valence-corrected chi connectivity index (χ4v) is 3.14. The van der Waals surface area contributed by atoms with Crippen LogP contribution in [0.15, 0.2) is 18.2 Å². The van der Waals surface area contributed by atoms with Crippen molar-refractivity contribution in [2.45, 2.75) is 39.0 Å². The smallest absolute Gasteiger partial charge is 0.144 e. The van der Waals surface area contributed by atoms with Gasteiger partial charge in [0, 0.05) is 18.4 Å². The van der Waals surface area contributed by atoms with Crippen LogP contribution in [0.2, 0.25) is 5.02 Å². The second kappa shape index (κ2) is 6.23. The summed E-state index contributed by atoms with van der Waals surface area (Å²) in [6.45, 7) is 2.61. The Kier molecular flexibility index (Phi) is 4.82. The molecule has 4 heteroatoms. The van der Waals surface area contributed by atoms with Gasteiger partial charge >= 0.3 is 0 Å². The highest BCUT2D eigenvalue weighted by molar-refractivity contribution is 6.30. The molecule has 2 rings (SSSR count). The van der Waals surface area contributed by atoms with Crippen LogP contribution in [-0.4, -0.2) is 12.3 Å². The highest BCUT2D eigenvalue weighted by Gasteiger charge is 2.39. The van der Waals surface area contributed by atoms with Gasteiger partial charge < -0.3 is 5.73 Å². The van der Waals surface area contributed by atoms with E-state index in [4.69, 9.17) is 17.3 Å². The molecule has 2 N–H and O–H groups in total. The normalized spacial score (nSPS) is 26.5. The van der Waals surface area contributed by atoms with Crippen LogP contribution in [0.5, 0.6) is 0 Å². The first-order valence-corrected chi connectivity index (χ1v) is 7.52. The number of nitrogens with two attached hydrogens (primary N) is 1. The lowest BCUT2D eigenvalue weighted by Crippen LogP contribution is -2.42. The Morgan fingerprint density at radius 3 is 2.65 bits per heavy atom. The maximum atomic E-state index is 13.1. The van der Waals surface area contributed by atoms with E-state index in [2.05, 4.69) is 6.92 Å². The fourth-order valence-electron chi connectivity index (χ4n) is 2.93. The van der Waals surface area contributed by atoms with Crippen LogP contribution < -0.4 is 5.73 Å². The molecule has 1 aliphatic rings. The number of hydrogen-bond acceptors (Lipinski definition) is 2. The SMILES string of the molecule is CC1CCC(CN)(C(=O)Cc2ccc(F)c(Cl)c2)CC1. The van der Waals surface area contributed by atoms with E-state index < -0.39 is 11.2 Å². The van der Waals surface area contributed by atoms with Gasteiger partial charge in [-0.1, -0.05) is 24.6 Å². The van der Waals surface area contributed by atoms with E-state index in [-0.39, 0.29) is 17.2 Å². The molecule has 0 bridgehead atoms. The van der Waals surface area contributed by atoms with Crippen molar-refractivity contribution in [2.75, 3.05) is 6.54 Å². The number of rotatable bonds is 4. The molecule has 1 aromatic rings. The van der Waals surface area contributed by atoms with Gasteiger partial charge in [0.05, 0.1) is 5.02 Å². The Morgan fingerprint density at radius 2 is 2.10 bits per heavy atom. The lowest BCUT2D eigenvalue weighted by atomic mass is 9.67. The van der Waals surface area contributed by atoms with E-state index in [1.807, 2.05) is 0 Å². The van der Waals surface area contributed by atoms with Crippen molar-refractivity contribution in [1.29, 1.82) is 0 Å². The van der Waals surface area contributed by atoms with Crippen LogP contribution in [-0.2, 0) is 11.2 Å². The van der Waals surface area contributed by atoms with Crippen LogP contribution >= 0.6 is 11.6 Å². The van der Waals surface area contributed by atoms with Gasteiger partial charge in [-0.15, -0.1) is 0 Å². The van der Waals surface area contributed by atoms with Crippen LogP contribution in [0, 0.1) is 17.2 Å². The standard InChI is InChI=1S/C16H21ClFNO/c1-11-4-6-16(10-19,7-5-11)15(20)9-12-2-3-14(18)13(17)8-12/h2-3,8,11H,4-7,9-10,19H2,1H3. The molecule has 0 radical (unpaired) electrons. The van der Waals surface area contributed by atoms with E-state index in [0.717, 1.165) is 31.2 Å². The third kappa shape index (κ3) is 3.21. The Bertz CT molecular complexity index is 495. The van der Waals surface area contributed by atoms with Gasteiger partial charge in [-0.2, -0.15) is 0 Å². The van der Waals surface area contributed by atoms with Gasteiger partial charge in [0.15, 0.2) is 0 Å². The van der Waals surface area contributed by atoms with Gasteiger partial charge in [0.2, 0.25) is 0 Å². The number of carbonyl (C=O) groups is 1. The summed E-state index contributed by atoms with van der Waals surface area (Å²) in [4.78, 5) is 12.6. The van der Waals surface area contributed by atoms with Crippen LogP contribution in [0.4, 0.5) is 4.39 Å². The van der Waals surface area contributed by atoms with Gasteiger partial charge in [-0.05, 0) is 49.3 Å². The Morgan fingerprint density at radius 1 is 1.45 bits per heavy atom. The van der Waals surface area contributed by atoms with E-state index in [1.54, 1.807) is 6.07 Å². The van der Waals surface area contributed by atoms with Crippen LogP contribution in [0.3, 0.4) is 0 Å². The summed E-state index contributed by atoms with van der Waals surface area (Å²) in [5, 5.41) is 0.0642. The van der Waals surface area contributed by atoms with E-state index >= 15 is 0 Å². The minimum atomic E-state index is -0.456. The molecule has 0 aliphatic heterocycles. The molecule has 0 amide bonds. The largest absolute Gasteiger partial charge is 0.329 e. The van der Waals surface area contributed by atoms with Gasteiger partial charge in [0.25, 0.3) is 0 Å². The molecule has 0 spiro atoms. The minimum absolute atomic E-state index is 0.0642. The van der Waals surface area contributed by atoms with Crippen molar-refractivity contribution in [3.8, 4) is 0 Å². The molecule has 2 nitrogen and oxygen atoms in total. The van der Waals surface area contributed by atoms with Crippen molar-refractivity contribution in [1.82, 2.24) is 0 Å². The number of halogens is 2. The number of ketones is 1. The topological polar surface area (TPSA) is 43.1 Å². The summed E-state index contributed by atoms with van der Waals surface area (Å²) in [5.41, 5.74) is 6.25. The molecule has 0 atom stereocenters. The third-order valence-corrected chi connectivity index (χ3v) is 4.85. The van der Waals surface area contributed by atoms with Crippen molar-refractivity contribution >= 4 is 17.4 Å². The number of benzene rings is 1. The maximum Gasteiger partial charge on any atom is 0.144 e. The van der Waals surface area contributed by atoms with E-state index in [9.17, 15) is 9.18 Å². The average Bonchev–Trinajstić information content (AvgIpc) is 2.44. The quantitative estimate of drug-likeness (QED) is 0.920. The molecular weight excluding hydrogens is 277 g/mol. The Hall–Kier alpha value is -0.930. The lowest BCUT2D eigenvalue weighted by Gasteiger charge is -2.37. The van der Waals surface area contributed by atoms with Crippen molar-refractivity contribution in [3.05, 3.63) is 34.6 Å². The summed E-state index contributed by atoms with van der Waals surface area (Å²) in [6.07, 6.45) is 4.10. The second-order valence-corrected chi connectivity index (χ2v) is 6.42. The molecule has 1 aromatic carbocycles. The van der Waals surface area contributed by atoms with E-state index in [0.29, 0.717) is 12.5 Å². The molecule has 0 aromatic heterocycles. The number of carbonyl (C=O) groups excluding carboxylic acids is 1. The first-order chi connectivity index (χ1) is 9.47. The molecule has 0 unspecified atom stereocenters. The Balaban J connectivity index is 2.11. The monoisotopic (exact) mass is 297 g/mol. The van der Waals surface area contributed by atoms with Gasteiger partial charge in [-0.3, -0.25) is 4.79 Å². The summed E-state index contributed by atoms with van der Waals surface area (Å²) in [7, 11) is 0. The van der Waals surface area contributed by atoms with Crippen molar-refractivity contribution in [3.63, 3.8) is 0 Å². The van der Waals surface area contributed by atoms with Crippen LogP contribution in [0.1, 0.15) is 38.2 Å². The summed E-state index contributed by atoms with van der Waals surface area (Å²) in [6, 6.07) is 4.46. The van der Waals surface area contributed by atoms with Gasteiger partial charge in [0.1, 0.15) is 11.6 Å². The van der Waals surface area contributed by atoms with Crippen LogP contribution in [0.25, 0.3) is 0 Å². The predicted octanol–water partition coefficient (Wildman–Crippen LogP) is 3.75. The molecule has 0 heterocycles. The van der Waals surface area contributed by atoms with Gasteiger partial charge in [-0.25, -0.2) is 4.39 Å². The predicted molar refractivity (Wildman–Crippen MR) is 79.2 cm³/mol. The zero-order valence-electron chi connectivity index (χ0n) is 11.8. The molecule has 1 aliphatic carbocycles. The number of Topliss-reactive ketones (excluding diaryl/α,β-unsaturated/α-hetero) is 1. The summed E-state index contributed by atoms with van der Waals surface area (Å²) < 4.78 is 13.1. The number of hydrogen-bond donors (Lipinski definition) is 1. The first-order valence-electron chi connectivity index (χ1n) is 7.14. The van der Waals surface area contributed by atoms with Crippen molar-refractivity contribution in [2.24, 2.45) is 17.1 Å². The van der Waals surface area contributed by atoms with Crippen molar-refractivity contribution < 1.29 is 9.18 Å². The average molecular weight is 298 g/mol. The maximum absolute atomic E-state index is 13.1. The zero-order chi connectivity index (χ0) is 14.8. The first kappa shape index (κ1) is 15.5. The zero-order valence-corrected chi connectivity index (χ0v) is 12.5. The lowest BCUT2D eigenvalue weighted by molar-refractivity contribution is -0.129. The third-order valence-electron chi connectivity index (χ3n) is 4.56. The minimum Gasteiger partial charge on any atom is -0.329 e. The molecule has 1 saturated carbocycles. The molecule has 0 saturated heterocycles. The molecule has 110 valence electrons. The molecule has 1 fully saturated rings. The highest BCUT2D eigenvalue weighted by Crippen LogP contribution is 2.39. The highest BCUT2D eigenvalue weighted by atomic mass is 35.5.